The van der Waals surface area contributed by atoms with Gasteiger partial charge < -0.3 is 4.31 Å². The number of rotatable bonds is 3. The highest BCUT2D eigenvalue weighted by atomic mass is 127. The van der Waals surface area contributed by atoms with Gasteiger partial charge in [-0.2, -0.15) is 0 Å². The Morgan fingerprint density at radius 3 is 3.10 bits per heavy atom. The summed E-state index contributed by atoms with van der Waals surface area (Å²) in [4.78, 5) is 4.06. The van der Waals surface area contributed by atoms with Crippen molar-refractivity contribution in [1.29, 1.82) is 0 Å². The summed E-state index contributed by atoms with van der Waals surface area (Å²) in [5.41, 5.74) is 0. The molecule has 0 N–H and O–H groups in total. The fraction of sp³-hybridized carbons (Fsp3) is 0.500. The van der Waals surface area contributed by atoms with Gasteiger partial charge in [0.05, 0.1) is 19.4 Å². The van der Waals surface area contributed by atoms with Gasteiger partial charge in [0.1, 0.15) is 0 Å². The highest BCUT2D eigenvalue weighted by molar-refractivity contribution is 14.0. The summed E-state index contributed by atoms with van der Waals surface area (Å²) in [6.07, 6.45) is 3.78. The second-order valence-corrected chi connectivity index (χ2v) is 2.81. The highest BCUT2D eigenvalue weighted by Gasteiger charge is 2.02. The van der Waals surface area contributed by atoms with Crippen molar-refractivity contribution in [1.82, 2.24) is 4.31 Å². The third-order valence-corrected chi connectivity index (χ3v) is 2.01. The molecule has 0 saturated heterocycles. The maximum Gasteiger partial charge on any atom is 0.0950 e. The third kappa shape index (κ3) is 3.46. The summed E-state index contributed by atoms with van der Waals surface area (Å²) in [6.45, 7) is 5.63. The fourth-order valence-electron chi connectivity index (χ4n) is 0.609. The monoisotopic (exact) mass is 270 g/mol. The standard InChI is InChI=1S/C6H10N2S.HI/c1-2-5-9-8-4-3-7-6-8;/h2,6H,1,3-5H2;1H. The van der Waals surface area contributed by atoms with Crippen molar-refractivity contribution in [2.45, 2.75) is 0 Å². The van der Waals surface area contributed by atoms with Crippen LogP contribution < -0.4 is 0 Å². The molecular formula is C6H11IN2S. The van der Waals surface area contributed by atoms with Gasteiger partial charge in [-0.1, -0.05) is 6.08 Å². The average Bonchev–Trinajstić information content (AvgIpc) is 2.34. The molecule has 0 aromatic heterocycles. The molecule has 1 aliphatic rings. The van der Waals surface area contributed by atoms with Crippen LogP contribution in [0.5, 0.6) is 0 Å². The van der Waals surface area contributed by atoms with E-state index in [1.54, 1.807) is 11.9 Å². The van der Waals surface area contributed by atoms with Gasteiger partial charge >= 0.3 is 0 Å². The molecule has 0 aromatic rings. The Morgan fingerprint density at radius 2 is 2.60 bits per heavy atom. The summed E-state index contributed by atoms with van der Waals surface area (Å²) in [6, 6.07) is 0. The Labute approximate surface area is 82.9 Å². The molecule has 0 aromatic carbocycles. The van der Waals surface area contributed by atoms with Gasteiger partial charge in [-0.15, -0.1) is 30.6 Å². The largest absolute Gasteiger partial charge is 0.305 e. The van der Waals surface area contributed by atoms with E-state index in [1.807, 2.05) is 12.4 Å². The van der Waals surface area contributed by atoms with Gasteiger partial charge in [0.25, 0.3) is 0 Å². The van der Waals surface area contributed by atoms with Crippen molar-refractivity contribution in [2.24, 2.45) is 4.99 Å². The van der Waals surface area contributed by atoms with E-state index in [9.17, 15) is 0 Å². The van der Waals surface area contributed by atoms with Crippen molar-refractivity contribution in [2.75, 3.05) is 18.8 Å². The summed E-state index contributed by atoms with van der Waals surface area (Å²) in [5, 5.41) is 0. The molecule has 58 valence electrons. The maximum absolute atomic E-state index is 4.06. The van der Waals surface area contributed by atoms with E-state index in [0.29, 0.717) is 0 Å². The molecule has 1 rings (SSSR count). The minimum atomic E-state index is 0. The Morgan fingerprint density at radius 1 is 1.80 bits per heavy atom. The summed E-state index contributed by atoms with van der Waals surface area (Å²) in [5.74, 6) is 0.978. The van der Waals surface area contributed by atoms with Crippen LogP contribution in [0.15, 0.2) is 17.6 Å². The van der Waals surface area contributed by atoms with E-state index < -0.39 is 0 Å². The second kappa shape index (κ2) is 6.03. The molecule has 0 fully saturated rings. The molecule has 0 bridgehead atoms. The lowest BCUT2D eigenvalue weighted by Gasteiger charge is -2.08. The maximum atomic E-state index is 4.06. The van der Waals surface area contributed by atoms with Gasteiger partial charge in [0.2, 0.25) is 0 Å². The molecule has 0 saturated carbocycles. The Bertz CT molecular complexity index is 127. The molecule has 4 heteroatoms. The van der Waals surface area contributed by atoms with Gasteiger partial charge in [-0.3, -0.25) is 4.99 Å². The second-order valence-electron chi connectivity index (χ2n) is 1.75. The first-order valence-electron chi connectivity index (χ1n) is 2.94. The van der Waals surface area contributed by atoms with Gasteiger partial charge in [0, 0.05) is 5.75 Å². The van der Waals surface area contributed by atoms with Crippen LogP contribution in [0.25, 0.3) is 0 Å². The van der Waals surface area contributed by atoms with Gasteiger partial charge in [0.15, 0.2) is 0 Å². The van der Waals surface area contributed by atoms with Crippen LogP contribution in [0.2, 0.25) is 0 Å². The number of nitrogens with zero attached hydrogens (tertiary/aromatic N) is 2. The number of halogens is 1. The minimum Gasteiger partial charge on any atom is -0.305 e. The number of hydrogen-bond acceptors (Lipinski definition) is 3. The zero-order chi connectivity index (χ0) is 6.53. The Balaban J connectivity index is 0.000000810. The van der Waals surface area contributed by atoms with Crippen molar-refractivity contribution in [3.8, 4) is 0 Å². The van der Waals surface area contributed by atoms with Crippen LogP contribution in [0.3, 0.4) is 0 Å². The van der Waals surface area contributed by atoms with Gasteiger partial charge in [-0.05, 0) is 11.9 Å². The third-order valence-electron chi connectivity index (χ3n) is 1.02. The molecule has 0 spiro atoms. The molecule has 0 atom stereocenters. The smallest absolute Gasteiger partial charge is 0.0950 e. The summed E-state index contributed by atoms with van der Waals surface area (Å²) in [7, 11) is 0. The lowest BCUT2D eigenvalue weighted by molar-refractivity contribution is 0.749. The number of aliphatic imine (C=N–C) groups is 1. The van der Waals surface area contributed by atoms with Crippen molar-refractivity contribution in [3.05, 3.63) is 12.7 Å². The van der Waals surface area contributed by atoms with Crippen LogP contribution in [-0.4, -0.2) is 29.5 Å². The van der Waals surface area contributed by atoms with Crippen LogP contribution in [0.4, 0.5) is 0 Å². The quantitative estimate of drug-likeness (QED) is 0.441. The van der Waals surface area contributed by atoms with E-state index in [-0.39, 0.29) is 24.0 Å². The molecule has 0 unspecified atom stereocenters. The first-order valence-corrected chi connectivity index (χ1v) is 3.88. The molecule has 2 nitrogen and oxygen atoms in total. The first-order chi connectivity index (χ1) is 4.43. The first kappa shape index (κ1) is 10.3. The average molecular weight is 270 g/mol. The Hall–Kier alpha value is 0.290. The lowest BCUT2D eigenvalue weighted by atomic mass is 10.7. The normalized spacial score (nSPS) is 15.0. The molecule has 0 radical (unpaired) electrons. The Kier molecular flexibility index (Phi) is 6.20. The van der Waals surface area contributed by atoms with Crippen LogP contribution in [0, 0.1) is 0 Å². The fourth-order valence-corrected chi connectivity index (χ4v) is 1.25. The summed E-state index contributed by atoms with van der Waals surface area (Å²) < 4.78 is 2.13. The van der Waals surface area contributed by atoms with Crippen LogP contribution in [0.1, 0.15) is 0 Å². The molecule has 10 heavy (non-hydrogen) atoms. The molecule has 0 aliphatic carbocycles. The van der Waals surface area contributed by atoms with Crippen molar-refractivity contribution >= 4 is 42.3 Å². The topological polar surface area (TPSA) is 15.6 Å². The minimum absolute atomic E-state index is 0. The zero-order valence-corrected chi connectivity index (χ0v) is 8.84. The molecule has 1 heterocycles. The van der Waals surface area contributed by atoms with E-state index in [1.165, 1.54) is 0 Å². The van der Waals surface area contributed by atoms with Gasteiger partial charge in [-0.25, -0.2) is 0 Å². The highest BCUT2D eigenvalue weighted by Crippen LogP contribution is 2.09. The molecular weight excluding hydrogens is 259 g/mol. The predicted molar refractivity (Wildman–Crippen MR) is 58.1 cm³/mol. The van der Waals surface area contributed by atoms with Crippen LogP contribution in [-0.2, 0) is 0 Å². The predicted octanol–water partition coefficient (Wildman–Crippen LogP) is 1.78. The lowest BCUT2D eigenvalue weighted by Crippen LogP contribution is -2.09. The van der Waals surface area contributed by atoms with Crippen molar-refractivity contribution in [3.63, 3.8) is 0 Å². The van der Waals surface area contributed by atoms with Crippen LogP contribution >= 0.6 is 35.9 Å². The SMILES string of the molecule is C=CCSN1C=NCC1.I. The molecule has 1 aliphatic heterocycles. The van der Waals surface area contributed by atoms with E-state index in [0.717, 1.165) is 18.8 Å². The van der Waals surface area contributed by atoms with E-state index >= 15 is 0 Å². The molecule has 0 amide bonds. The van der Waals surface area contributed by atoms with E-state index in [2.05, 4.69) is 15.9 Å². The summed E-state index contributed by atoms with van der Waals surface area (Å²) >= 11 is 1.75. The van der Waals surface area contributed by atoms with Crippen molar-refractivity contribution < 1.29 is 0 Å². The number of hydrogen-bond donors (Lipinski definition) is 0. The van der Waals surface area contributed by atoms with E-state index in [4.69, 9.17) is 0 Å². The zero-order valence-electron chi connectivity index (χ0n) is 5.69.